The molecule has 0 bridgehead atoms. The van der Waals surface area contributed by atoms with Crippen molar-refractivity contribution in [2.24, 2.45) is 0 Å². The molecule has 0 nitrogen and oxygen atoms in total. The van der Waals surface area contributed by atoms with Crippen molar-refractivity contribution in [2.45, 2.75) is 0 Å². The van der Waals surface area contributed by atoms with E-state index >= 15 is 0 Å². The second kappa shape index (κ2) is 2.53. The van der Waals surface area contributed by atoms with Gasteiger partial charge in [-0.1, -0.05) is 0 Å². The van der Waals surface area contributed by atoms with Gasteiger partial charge in [0.05, 0.1) is 0 Å². The summed E-state index contributed by atoms with van der Waals surface area (Å²) in [6.07, 6.45) is 0. The van der Waals surface area contributed by atoms with E-state index in [4.69, 9.17) is 0 Å². The predicted octanol–water partition coefficient (Wildman–Crippen LogP) is -0.751. The monoisotopic (exact) mass is 457 g/mol. The molecule has 0 spiro atoms. The van der Waals surface area contributed by atoms with Crippen molar-refractivity contribution in [1.29, 1.82) is 0 Å². The molecule has 0 aromatic heterocycles. The van der Waals surface area contributed by atoms with Crippen molar-refractivity contribution in [3.8, 4) is 0 Å². The summed E-state index contributed by atoms with van der Waals surface area (Å²) in [7, 11) is 0. The summed E-state index contributed by atoms with van der Waals surface area (Å²) in [4.78, 5) is 0. The van der Waals surface area contributed by atoms with E-state index in [-0.39, 0.29) is 46.0 Å². The quantitative estimate of drug-likeness (QED) is 0.421. The maximum atomic E-state index is 3.49. The van der Waals surface area contributed by atoms with Gasteiger partial charge < -0.3 is 0 Å². The summed E-state index contributed by atoms with van der Waals surface area (Å²) in [5.41, 5.74) is 0. The topological polar surface area (TPSA) is 0 Å². The zero-order chi connectivity index (χ0) is 3.54. The van der Waals surface area contributed by atoms with Crippen molar-refractivity contribution in [3.63, 3.8) is 0 Å². The van der Waals surface area contributed by atoms with E-state index in [2.05, 4.69) is 8.98 Å². The van der Waals surface area contributed by atoms with Crippen LogP contribution in [-0.4, -0.2) is 47.4 Å². The summed E-state index contributed by atoms with van der Waals surface area (Å²) < 4.78 is 8.28. The Morgan fingerprint density at radius 3 is 3.00 bits per heavy atom. The Labute approximate surface area is 54.3 Å². The van der Waals surface area contributed by atoms with Gasteiger partial charge in [0, 0.05) is 0 Å². The molecular weight excluding hydrogens is 454 g/mol. The van der Waals surface area contributed by atoms with Crippen LogP contribution in [0.1, 0.15) is 0 Å². The second-order valence-electron chi connectivity index (χ2n) is 0.701. The van der Waals surface area contributed by atoms with Crippen LogP contribution in [0.5, 0.6) is 0 Å². The number of hydrogen-bond acceptors (Lipinski definition) is 0. The Bertz CT molecular complexity index is 63.0. The summed E-state index contributed by atoms with van der Waals surface area (Å²) in [5, 5.41) is 0. The molecule has 1 heterocycles. The third-order valence-corrected chi connectivity index (χ3v) is 17.1. The summed E-state index contributed by atoms with van der Waals surface area (Å²) in [6, 6.07) is 0. The summed E-state index contributed by atoms with van der Waals surface area (Å²) in [5.74, 6) is 0. The van der Waals surface area contributed by atoms with Gasteiger partial charge in [-0.25, -0.2) is 0 Å². The SMILES string of the molecule is [C]1=[Bi][CH]=[CH][BiH]1. The van der Waals surface area contributed by atoms with Gasteiger partial charge in [-0.15, -0.1) is 0 Å². The molecule has 0 aromatic rings. The third kappa shape index (κ3) is 1.51. The van der Waals surface area contributed by atoms with Crippen LogP contribution in [0.4, 0.5) is 0 Å². The van der Waals surface area contributed by atoms with E-state index in [1.54, 1.807) is 0 Å². The Morgan fingerprint density at radius 2 is 2.80 bits per heavy atom. The summed E-state index contributed by atoms with van der Waals surface area (Å²) in [6.45, 7) is 0. The van der Waals surface area contributed by atoms with E-state index in [1.165, 1.54) is 0 Å². The molecular formula is C3H3Bi2. The minimum atomic E-state index is -0.190. The molecule has 0 amide bonds. The second-order valence-corrected chi connectivity index (χ2v) is 13.8. The van der Waals surface area contributed by atoms with Crippen LogP contribution in [-0.2, 0) is 0 Å². The van der Waals surface area contributed by atoms with Crippen LogP contribution in [0.25, 0.3) is 0 Å². The number of hydrogen-bond donors (Lipinski definition) is 0. The van der Waals surface area contributed by atoms with Crippen molar-refractivity contribution >= 4 is 47.4 Å². The molecule has 0 saturated carbocycles. The van der Waals surface area contributed by atoms with Crippen molar-refractivity contribution in [1.82, 2.24) is 0 Å². The fraction of sp³-hybridized carbons (Fsp3) is 0. The molecule has 0 unspecified atom stereocenters. The molecule has 0 N–H and O–H groups in total. The van der Waals surface area contributed by atoms with Gasteiger partial charge in [0.2, 0.25) is 0 Å². The summed E-state index contributed by atoms with van der Waals surface area (Å²) >= 11 is -0.278. The Kier molecular flexibility index (Phi) is 2.30. The van der Waals surface area contributed by atoms with Gasteiger partial charge >= 0.3 is 55.0 Å². The molecule has 0 atom stereocenters. The van der Waals surface area contributed by atoms with Gasteiger partial charge in [-0.05, 0) is 0 Å². The Morgan fingerprint density at radius 1 is 1.80 bits per heavy atom. The average molecular weight is 457 g/mol. The molecule has 2 heteroatoms. The predicted molar refractivity (Wildman–Crippen MR) is 27.0 cm³/mol. The molecule has 0 saturated heterocycles. The van der Waals surface area contributed by atoms with Crippen LogP contribution in [0, 0.1) is 0 Å². The van der Waals surface area contributed by atoms with E-state index in [9.17, 15) is 0 Å². The van der Waals surface area contributed by atoms with Gasteiger partial charge in [0.25, 0.3) is 0 Å². The van der Waals surface area contributed by atoms with Gasteiger partial charge in [0.15, 0.2) is 0 Å². The fourth-order valence-corrected chi connectivity index (χ4v) is 14.3. The van der Waals surface area contributed by atoms with E-state index in [1.807, 2.05) is 0 Å². The molecule has 25 valence electrons. The van der Waals surface area contributed by atoms with Crippen LogP contribution in [0.2, 0.25) is 0 Å². The molecule has 1 aliphatic heterocycles. The maximum absolute atomic E-state index is 3.49. The zero-order valence-corrected chi connectivity index (χ0v) is 9.97. The Hall–Kier alpha value is 1.38. The molecule has 0 fully saturated rings. The van der Waals surface area contributed by atoms with Crippen LogP contribution in [0.15, 0.2) is 7.57 Å². The molecule has 5 heavy (non-hydrogen) atoms. The molecule has 0 aromatic carbocycles. The van der Waals surface area contributed by atoms with Crippen molar-refractivity contribution < 1.29 is 0 Å². The molecule has 1 aliphatic rings. The van der Waals surface area contributed by atoms with Gasteiger partial charge in [-0.3, -0.25) is 0 Å². The first-order valence-electron chi connectivity index (χ1n) is 1.35. The van der Waals surface area contributed by atoms with Crippen molar-refractivity contribution in [2.75, 3.05) is 0 Å². The fourth-order valence-electron chi connectivity index (χ4n) is 0.186. The molecule has 1 rings (SSSR count). The first-order valence-corrected chi connectivity index (χ1v) is 9.29. The van der Waals surface area contributed by atoms with E-state index in [0.717, 1.165) is 0 Å². The van der Waals surface area contributed by atoms with Gasteiger partial charge in [0.1, 0.15) is 0 Å². The van der Waals surface area contributed by atoms with E-state index in [0.29, 0.717) is 0 Å². The molecule has 1 radical (unpaired) electrons. The normalized spacial score (nSPS) is 17.6. The average Bonchev–Trinajstić information content (AvgIpc) is 1.76. The minimum absolute atomic E-state index is 0.0880. The zero-order valence-electron chi connectivity index (χ0n) is 2.60. The van der Waals surface area contributed by atoms with Crippen molar-refractivity contribution in [3.05, 3.63) is 7.57 Å². The third-order valence-electron chi connectivity index (χ3n) is 0.362. The van der Waals surface area contributed by atoms with E-state index < -0.39 is 0 Å². The first-order chi connectivity index (χ1) is 2.50. The van der Waals surface area contributed by atoms with Crippen LogP contribution in [0.3, 0.4) is 0 Å². The Balaban J connectivity index is 2.61. The van der Waals surface area contributed by atoms with Crippen LogP contribution < -0.4 is 0 Å². The number of rotatable bonds is 0. The van der Waals surface area contributed by atoms with Crippen LogP contribution >= 0.6 is 0 Å². The standard InChI is InChI=1S/C2H2.C.2Bi.H/c1-2;;;;/h1-2H;;;;. The van der Waals surface area contributed by atoms with Gasteiger partial charge in [-0.2, -0.15) is 0 Å². The first kappa shape index (κ1) is 4.53. The molecule has 0 aliphatic carbocycles.